The van der Waals surface area contributed by atoms with Crippen LogP contribution in [-0.2, 0) is 11.4 Å². The molecule has 0 fully saturated rings. The number of nitriles is 1. The maximum Gasteiger partial charge on any atom is 0.0933 e. The van der Waals surface area contributed by atoms with Crippen molar-refractivity contribution in [3.63, 3.8) is 0 Å². The van der Waals surface area contributed by atoms with Crippen molar-refractivity contribution in [2.45, 2.75) is 25.9 Å². The van der Waals surface area contributed by atoms with Crippen molar-refractivity contribution in [2.75, 3.05) is 6.54 Å². The summed E-state index contributed by atoms with van der Waals surface area (Å²) < 4.78 is 0. The number of unbranched alkanes of at least 4 members (excludes halogenated alkanes) is 2. The summed E-state index contributed by atoms with van der Waals surface area (Å²) in [5.74, 6) is 0. The zero-order valence-corrected chi connectivity index (χ0v) is 8.78. The van der Waals surface area contributed by atoms with Crippen LogP contribution in [0.1, 0.15) is 24.8 Å². The second-order valence-electron chi connectivity index (χ2n) is 3.28. The summed E-state index contributed by atoms with van der Waals surface area (Å²) in [6.07, 6.45) is 2.53. The second-order valence-corrected chi connectivity index (χ2v) is 3.28. The minimum Gasteiger partial charge on any atom is -0.297 e. The molecule has 0 saturated heterocycles. The smallest absolute Gasteiger partial charge is 0.0933 e. The SMILES string of the molecule is N#CCCCCNOCc1ccccc1. The summed E-state index contributed by atoms with van der Waals surface area (Å²) in [6.45, 7) is 1.38. The third-order valence-electron chi connectivity index (χ3n) is 2.00. The van der Waals surface area contributed by atoms with E-state index in [1.165, 1.54) is 0 Å². The van der Waals surface area contributed by atoms with Crippen molar-refractivity contribution in [3.8, 4) is 6.07 Å². The topological polar surface area (TPSA) is 45.0 Å². The van der Waals surface area contributed by atoms with Crippen LogP contribution < -0.4 is 5.48 Å². The Hall–Kier alpha value is -1.37. The number of benzene rings is 1. The Labute approximate surface area is 90.6 Å². The van der Waals surface area contributed by atoms with E-state index < -0.39 is 0 Å². The van der Waals surface area contributed by atoms with Gasteiger partial charge in [-0.15, -0.1) is 0 Å². The van der Waals surface area contributed by atoms with Crippen molar-refractivity contribution < 1.29 is 4.84 Å². The summed E-state index contributed by atoms with van der Waals surface area (Å²) in [5.41, 5.74) is 4.04. The van der Waals surface area contributed by atoms with Gasteiger partial charge in [0.15, 0.2) is 0 Å². The van der Waals surface area contributed by atoms with Gasteiger partial charge in [0.25, 0.3) is 0 Å². The van der Waals surface area contributed by atoms with Crippen molar-refractivity contribution >= 4 is 0 Å². The van der Waals surface area contributed by atoms with Crippen LogP contribution in [0.5, 0.6) is 0 Å². The highest BCUT2D eigenvalue weighted by Gasteiger charge is 1.91. The Morgan fingerprint density at radius 3 is 2.73 bits per heavy atom. The fourth-order valence-corrected chi connectivity index (χ4v) is 1.18. The molecule has 3 heteroatoms. The highest BCUT2D eigenvalue weighted by molar-refractivity contribution is 5.13. The Morgan fingerprint density at radius 2 is 2.00 bits per heavy atom. The molecular weight excluding hydrogens is 188 g/mol. The Bertz CT molecular complexity index is 292. The number of rotatable bonds is 7. The van der Waals surface area contributed by atoms with E-state index in [-0.39, 0.29) is 0 Å². The van der Waals surface area contributed by atoms with E-state index >= 15 is 0 Å². The zero-order valence-electron chi connectivity index (χ0n) is 8.78. The third kappa shape index (κ3) is 5.84. The van der Waals surface area contributed by atoms with Gasteiger partial charge in [-0.3, -0.25) is 4.84 Å². The lowest BCUT2D eigenvalue weighted by Gasteiger charge is -2.04. The van der Waals surface area contributed by atoms with Gasteiger partial charge in [0.1, 0.15) is 0 Å². The largest absolute Gasteiger partial charge is 0.297 e. The lowest BCUT2D eigenvalue weighted by atomic mass is 10.2. The van der Waals surface area contributed by atoms with Crippen molar-refractivity contribution in [1.29, 1.82) is 5.26 Å². The Kier molecular flexibility index (Phi) is 6.23. The molecule has 0 saturated carbocycles. The van der Waals surface area contributed by atoms with Gasteiger partial charge in [0.05, 0.1) is 12.7 Å². The first-order valence-corrected chi connectivity index (χ1v) is 5.19. The van der Waals surface area contributed by atoms with Crippen molar-refractivity contribution in [1.82, 2.24) is 5.48 Å². The monoisotopic (exact) mass is 204 g/mol. The van der Waals surface area contributed by atoms with Gasteiger partial charge in [-0.25, -0.2) is 5.48 Å². The van der Waals surface area contributed by atoms with Crippen LogP contribution in [0, 0.1) is 11.3 Å². The summed E-state index contributed by atoms with van der Waals surface area (Å²) in [7, 11) is 0. The number of nitrogens with zero attached hydrogens (tertiary/aromatic N) is 1. The normalized spacial score (nSPS) is 9.80. The van der Waals surface area contributed by atoms with Crippen LogP contribution in [-0.4, -0.2) is 6.54 Å². The molecule has 0 heterocycles. The molecule has 15 heavy (non-hydrogen) atoms. The average Bonchev–Trinajstić information content (AvgIpc) is 2.29. The van der Waals surface area contributed by atoms with Crippen LogP contribution in [0.15, 0.2) is 30.3 Å². The molecule has 80 valence electrons. The molecule has 0 unspecified atom stereocenters. The van der Waals surface area contributed by atoms with Crippen LogP contribution in [0.4, 0.5) is 0 Å². The number of hydrogen-bond acceptors (Lipinski definition) is 3. The van der Waals surface area contributed by atoms with Gasteiger partial charge in [0.2, 0.25) is 0 Å². The predicted molar refractivity (Wildman–Crippen MR) is 58.7 cm³/mol. The minimum atomic E-state index is 0.582. The molecule has 0 atom stereocenters. The van der Waals surface area contributed by atoms with E-state index in [1.807, 2.05) is 30.3 Å². The summed E-state index contributed by atoms with van der Waals surface area (Å²) in [5, 5.41) is 8.32. The zero-order chi connectivity index (χ0) is 10.8. The molecule has 0 amide bonds. The molecule has 0 aromatic heterocycles. The van der Waals surface area contributed by atoms with Gasteiger partial charge >= 0.3 is 0 Å². The molecule has 1 aromatic carbocycles. The van der Waals surface area contributed by atoms with E-state index in [0.717, 1.165) is 24.9 Å². The molecule has 3 nitrogen and oxygen atoms in total. The van der Waals surface area contributed by atoms with Gasteiger partial charge in [0, 0.05) is 13.0 Å². The predicted octanol–water partition coefficient (Wildman–Crippen LogP) is 2.40. The first-order valence-electron chi connectivity index (χ1n) is 5.19. The van der Waals surface area contributed by atoms with Crippen LogP contribution in [0.2, 0.25) is 0 Å². The quantitative estimate of drug-likeness (QED) is 0.548. The minimum absolute atomic E-state index is 0.582. The fourth-order valence-electron chi connectivity index (χ4n) is 1.18. The number of hydrogen-bond donors (Lipinski definition) is 1. The van der Waals surface area contributed by atoms with E-state index in [4.69, 9.17) is 10.1 Å². The molecular formula is C12H16N2O. The highest BCUT2D eigenvalue weighted by atomic mass is 16.6. The molecule has 0 radical (unpaired) electrons. The fraction of sp³-hybridized carbons (Fsp3) is 0.417. The lowest BCUT2D eigenvalue weighted by molar-refractivity contribution is 0.0274. The molecule has 0 aliphatic heterocycles. The van der Waals surface area contributed by atoms with E-state index in [9.17, 15) is 0 Å². The van der Waals surface area contributed by atoms with E-state index in [1.54, 1.807) is 0 Å². The van der Waals surface area contributed by atoms with Crippen molar-refractivity contribution in [3.05, 3.63) is 35.9 Å². The van der Waals surface area contributed by atoms with Gasteiger partial charge in [-0.2, -0.15) is 5.26 Å². The van der Waals surface area contributed by atoms with Crippen LogP contribution in [0.3, 0.4) is 0 Å². The molecule has 1 rings (SSSR count). The average molecular weight is 204 g/mol. The van der Waals surface area contributed by atoms with E-state index in [2.05, 4.69) is 11.5 Å². The van der Waals surface area contributed by atoms with Gasteiger partial charge in [-0.1, -0.05) is 30.3 Å². The lowest BCUT2D eigenvalue weighted by Crippen LogP contribution is -2.15. The van der Waals surface area contributed by atoms with E-state index in [0.29, 0.717) is 13.0 Å². The van der Waals surface area contributed by atoms with Crippen LogP contribution in [0.25, 0.3) is 0 Å². The van der Waals surface area contributed by atoms with Crippen LogP contribution >= 0.6 is 0 Å². The Morgan fingerprint density at radius 1 is 1.20 bits per heavy atom. The number of nitrogens with one attached hydrogen (secondary N) is 1. The molecule has 0 spiro atoms. The summed E-state index contributed by atoms with van der Waals surface area (Å²) >= 11 is 0. The molecule has 0 aliphatic rings. The maximum atomic E-state index is 8.32. The molecule has 1 aromatic rings. The van der Waals surface area contributed by atoms with Crippen molar-refractivity contribution in [2.24, 2.45) is 0 Å². The third-order valence-corrected chi connectivity index (χ3v) is 2.00. The molecule has 0 aliphatic carbocycles. The molecule has 1 N–H and O–H groups in total. The first-order chi connectivity index (χ1) is 7.43. The van der Waals surface area contributed by atoms with Gasteiger partial charge < -0.3 is 0 Å². The summed E-state index contributed by atoms with van der Waals surface area (Å²) in [6, 6.07) is 12.1. The van der Waals surface area contributed by atoms with Gasteiger partial charge in [-0.05, 0) is 18.4 Å². The maximum absolute atomic E-state index is 8.32. The Balaban J connectivity index is 1.96. The summed E-state index contributed by atoms with van der Waals surface area (Å²) in [4.78, 5) is 5.27. The first kappa shape index (κ1) is 11.7. The second kappa shape index (κ2) is 7.98. The standard InChI is InChI=1S/C12H16N2O/c13-9-5-2-6-10-14-15-11-12-7-3-1-4-8-12/h1,3-4,7-8,14H,2,5-6,10-11H2. The highest BCUT2D eigenvalue weighted by Crippen LogP contribution is 1.99. The number of hydroxylamine groups is 1. The molecule has 0 bridgehead atoms.